The minimum atomic E-state index is -4.56. The van der Waals surface area contributed by atoms with Gasteiger partial charge in [0.15, 0.2) is 0 Å². The lowest BCUT2D eigenvalue weighted by Crippen LogP contribution is -2.31. The summed E-state index contributed by atoms with van der Waals surface area (Å²) >= 11 is 0. The zero-order valence-electron chi connectivity index (χ0n) is 10.4. The van der Waals surface area contributed by atoms with Crippen molar-refractivity contribution in [2.24, 2.45) is 5.73 Å². The molecule has 2 N–H and O–H groups in total. The number of alkyl halides is 3. The molecule has 1 heterocycles. The average molecular weight is 276 g/mol. The SMILES string of the molecule is N[C@@H](c1ccc(N2CCCCC2)c(F)c1)C(F)(F)F. The fraction of sp³-hybridized carbons (Fsp3) is 0.538. The van der Waals surface area contributed by atoms with E-state index in [2.05, 4.69) is 0 Å². The van der Waals surface area contributed by atoms with Crippen molar-refractivity contribution in [1.82, 2.24) is 0 Å². The Morgan fingerprint density at radius 3 is 2.26 bits per heavy atom. The van der Waals surface area contributed by atoms with Crippen molar-refractivity contribution < 1.29 is 17.6 Å². The number of anilines is 1. The van der Waals surface area contributed by atoms with Gasteiger partial charge in [-0.1, -0.05) is 6.07 Å². The van der Waals surface area contributed by atoms with Crippen molar-refractivity contribution in [2.75, 3.05) is 18.0 Å². The molecule has 2 nitrogen and oxygen atoms in total. The van der Waals surface area contributed by atoms with Gasteiger partial charge >= 0.3 is 6.18 Å². The van der Waals surface area contributed by atoms with E-state index in [9.17, 15) is 17.6 Å². The van der Waals surface area contributed by atoms with Crippen LogP contribution in [0.3, 0.4) is 0 Å². The Morgan fingerprint density at radius 2 is 1.74 bits per heavy atom. The van der Waals surface area contributed by atoms with E-state index in [1.165, 1.54) is 12.1 Å². The highest BCUT2D eigenvalue weighted by atomic mass is 19.4. The van der Waals surface area contributed by atoms with Gasteiger partial charge in [0, 0.05) is 13.1 Å². The van der Waals surface area contributed by atoms with E-state index in [0.29, 0.717) is 5.69 Å². The molecule has 19 heavy (non-hydrogen) atoms. The molecule has 6 heteroatoms. The molecule has 1 aliphatic heterocycles. The number of nitrogens with zero attached hydrogens (tertiary/aromatic N) is 1. The molecule has 1 atom stereocenters. The van der Waals surface area contributed by atoms with Crippen LogP contribution in [0, 0.1) is 5.82 Å². The van der Waals surface area contributed by atoms with E-state index in [1.54, 1.807) is 0 Å². The Balaban J connectivity index is 2.21. The normalized spacial score (nSPS) is 18.5. The van der Waals surface area contributed by atoms with Gasteiger partial charge in [-0.2, -0.15) is 13.2 Å². The first-order valence-corrected chi connectivity index (χ1v) is 6.26. The highest BCUT2D eigenvalue weighted by Gasteiger charge is 2.38. The summed E-state index contributed by atoms with van der Waals surface area (Å²) in [6, 6.07) is 1.40. The monoisotopic (exact) mass is 276 g/mol. The Morgan fingerprint density at radius 1 is 1.11 bits per heavy atom. The van der Waals surface area contributed by atoms with Crippen LogP contribution >= 0.6 is 0 Å². The predicted molar refractivity (Wildman–Crippen MR) is 65.4 cm³/mol. The molecule has 1 saturated heterocycles. The van der Waals surface area contributed by atoms with E-state index in [0.717, 1.165) is 38.4 Å². The molecule has 1 aromatic carbocycles. The van der Waals surface area contributed by atoms with Gasteiger partial charge in [-0.15, -0.1) is 0 Å². The lowest BCUT2D eigenvalue weighted by molar-refractivity contribution is -0.149. The number of halogens is 4. The molecule has 0 spiro atoms. The molecular formula is C13H16F4N2. The lowest BCUT2D eigenvalue weighted by atomic mass is 10.0. The third kappa shape index (κ3) is 3.18. The predicted octanol–water partition coefficient (Wildman–Crippen LogP) is 3.38. The van der Waals surface area contributed by atoms with Gasteiger partial charge in [-0.3, -0.25) is 0 Å². The van der Waals surface area contributed by atoms with E-state index < -0.39 is 18.0 Å². The molecule has 0 unspecified atom stereocenters. The highest BCUT2D eigenvalue weighted by molar-refractivity contribution is 5.50. The van der Waals surface area contributed by atoms with Gasteiger partial charge < -0.3 is 10.6 Å². The standard InChI is InChI=1S/C13H16F4N2/c14-10-8-9(12(18)13(15,16)17)4-5-11(10)19-6-2-1-3-7-19/h4-5,8,12H,1-3,6-7,18H2/t12-/m0/s1. The van der Waals surface area contributed by atoms with Crippen molar-refractivity contribution in [2.45, 2.75) is 31.5 Å². The zero-order chi connectivity index (χ0) is 14.0. The van der Waals surface area contributed by atoms with Crippen molar-refractivity contribution >= 4 is 5.69 Å². The molecule has 0 amide bonds. The van der Waals surface area contributed by atoms with E-state index in [4.69, 9.17) is 5.73 Å². The van der Waals surface area contributed by atoms with Crippen LogP contribution in [-0.2, 0) is 0 Å². The summed E-state index contributed by atoms with van der Waals surface area (Å²) in [6.45, 7) is 1.48. The summed E-state index contributed by atoms with van der Waals surface area (Å²) in [5, 5.41) is 0. The first-order valence-electron chi connectivity index (χ1n) is 6.26. The fourth-order valence-electron chi connectivity index (χ4n) is 2.30. The molecule has 0 aliphatic carbocycles. The summed E-state index contributed by atoms with van der Waals surface area (Å²) in [4.78, 5) is 1.86. The van der Waals surface area contributed by atoms with Crippen LogP contribution in [-0.4, -0.2) is 19.3 Å². The van der Waals surface area contributed by atoms with Crippen LogP contribution in [0.15, 0.2) is 18.2 Å². The second-order valence-electron chi connectivity index (χ2n) is 4.78. The Kier molecular flexibility index (Phi) is 3.99. The molecule has 1 aliphatic rings. The van der Waals surface area contributed by atoms with Gasteiger partial charge in [0.25, 0.3) is 0 Å². The number of piperidine rings is 1. The van der Waals surface area contributed by atoms with Gasteiger partial charge in [0.05, 0.1) is 5.69 Å². The van der Waals surface area contributed by atoms with Gasteiger partial charge in [0.1, 0.15) is 11.9 Å². The van der Waals surface area contributed by atoms with Crippen LogP contribution in [0.2, 0.25) is 0 Å². The third-order valence-electron chi connectivity index (χ3n) is 3.38. The van der Waals surface area contributed by atoms with Crippen molar-refractivity contribution in [3.05, 3.63) is 29.6 Å². The molecule has 1 fully saturated rings. The van der Waals surface area contributed by atoms with E-state index in [-0.39, 0.29) is 5.56 Å². The van der Waals surface area contributed by atoms with Gasteiger partial charge in [-0.25, -0.2) is 4.39 Å². The molecule has 0 aromatic heterocycles. The second-order valence-corrected chi connectivity index (χ2v) is 4.78. The van der Waals surface area contributed by atoms with Crippen LogP contribution in [0.4, 0.5) is 23.2 Å². The second kappa shape index (κ2) is 5.36. The molecule has 2 rings (SSSR count). The number of hydrogen-bond donors (Lipinski definition) is 1. The van der Waals surface area contributed by atoms with E-state index in [1.807, 2.05) is 4.90 Å². The van der Waals surface area contributed by atoms with Crippen LogP contribution in [0.1, 0.15) is 30.9 Å². The van der Waals surface area contributed by atoms with Crippen molar-refractivity contribution in [1.29, 1.82) is 0 Å². The zero-order valence-corrected chi connectivity index (χ0v) is 10.4. The molecule has 0 bridgehead atoms. The largest absolute Gasteiger partial charge is 0.407 e. The maximum atomic E-state index is 13.9. The highest BCUT2D eigenvalue weighted by Crippen LogP contribution is 2.33. The quantitative estimate of drug-likeness (QED) is 0.839. The first-order chi connectivity index (χ1) is 8.89. The third-order valence-corrected chi connectivity index (χ3v) is 3.38. The molecule has 106 valence electrons. The van der Waals surface area contributed by atoms with Gasteiger partial charge in [-0.05, 0) is 37.0 Å². The van der Waals surface area contributed by atoms with Crippen molar-refractivity contribution in [3.8, 4) is 0 Å². The summed E-state index contributed by atoms with van der Waals surface area (Å²) < 4.78 is 51.3. The minimum absolute atomic E-state index is 0.245. The molecule has 1 aromatic rings. The number of hydrogen-bond acceptors (Lipinski definition) is 2. The first kappa shape index (κ1) is 14.1. The fourth-order valence-corrected chi connectivity index (χ4v) is 2.30. The Hall–Kier alpha value is -1.30. The smallest absolute Gasteiger partial charge is 0.369 e. The van der Waals surface area contributed by atoms with Crippen LogP contribution < -0.4 is 10.6 Å². The number of benzene rings is 1. The maximum Gasteiger partial charge on any atom is 0.407 e. The van der Waals surface area contributed by atoms with Crippen molar-refractivity contribution in [3.63, 3.8) is 0 Å². The summed E-state index contributed by atoms with van der Waals surface area (Å²) in [6.07, 6.45) is -1.50. The lowest BCUT2D eigenvalue weighted by Gasteiger charge is -2.29. The number of nitrogens with two attached hydrogens (primary N) is 1. The molecule has 0 radical (unpaired) electrons. The Bertz CT molecular complexity index is 439. The average Bonchev–Trinajstić information content (AvgIpc) is 2.37. The molecule has 0 saturated carbocycles. The summed E-state index contributed by atoms with van der Waals surface area (Å²) in [5.41, 5.74) is 5.18. The maximum absolute atomic E-state index is 13.9. The number of rotatable bonds is 2. The Labute approximate surface area is 109 Å². The minimum Gasteiger partial charge on any atom is -0.369 e. The van der Waals surface area contributed by atoms with Crippen LogP contribution in [0.5, 0.6) is 0 Å². The van der Waals surface area contributed by atoms with E-state index >= 15 is 0 Å². The summed E-state index contributed by atoms with van der Waals surface area (Å²) in [5.74, 6) is -0.640. The summed E-state index contributed by atoms with van der Waals surface area (Å²) in [7, 11) is 0. The van der Waals surface area contributed by atoms with Gasteiger partial charge in [0.2, 0.25) is 0 Å². The van der Waals surface area contributed by atoms with Crippen LogP contribution in [0.25, 0.3) is 0 Å². The molecular weight excluding hydrogens is 260 g/mol. The topological polar surface area (TPSA) is 29.3 Å².